The molecule has 0 saturated carbocycles. The smallest absolute Gasteiger partial charge is 0.254 e. The highest BCUT2D eigenvalue weighted by Gasteiger charge is 2.23. The number of hydrogen-bond acceptors (Lipinski definition) is 5. The predicted molar refractivity (Wildman–Crippen MR) is 110 cm³/mol. The number of rotatable bonds is 7. The summed E-state index contributed by atoms with van der Waals surface area (Å²) in [4.78, 5) is 21.4. The van der Waals surface area contributed by atoms with Gasteiger partial charge in [-0.25, -0.2) is 4.98 Å². The average Bonchev–Trinajstić information content (AvgIpc) is 2.74. The summed E-state index contributed by atoms with van der Waals surface area (Å²) >= 11 is 0. The lowest BCUT2D eigenvalue weighted by molar-refractivity contribution is 0.0746. The number of ether oxygens (including phenoxy) is 2. The van der Waals surface area contributed by atoms with E-state index in [0.717, 1.165) is 25.3 Å². The number of methoxy groups -OCH3 is 1. The first kappa shape index (κ1) is 20.0. The molecule has 2 heterocycles. The van der Waals surface area contributed by atoms with Gasteiger partial charge in [-0.1, -0.05) is 19.9 Å². The molecule has 1 amide bonds. The average molecular weight is 383 g/mol. The second kappa shape index (κ2) is 9.44. The van der Waals surface area contributed by atoms with Gasteiger partial charge in [0.1, 0.15) is 5.82 Å². The maximum absolute atomic E-state index is 12.9. The fraction of sp³-hybridized carbons (Fsp3) is 0.455. The van der Waals surface area contributed by atoms with E-state index in [9.17, 15) is 4.79 Å². The number of piperazine rings is 1. The van der Waals surface area contributed by atoms with Gasteiger partial charge in [0, 0.05) is 37.9 Å². The van der Waals surface area contributed by atoms with E-state index < -0.39 is 0 Å². The van der Waals surface area contributed by atoms with Crippen LogP contribution in [0.4, 0.5) is 5.82 Å². The van der Waals surface area contributed by atoms with Gasteiger partial charge in [0.05, 0.1) is 13.7 Å². The zero-order valence-corrected chi connectivity index (χ0v) is 16.9. The summed E-state index contributed by atoms with van der Waals surface area (Å²) in [6.07, 6.45) is 2.77. The number of carbonyl (C=O) groups excluding carboxylic acids is 1. The van der Waals surface area contributed by atoms with E-state index in [1.165, 1.54) is 0 Å². The van der Waals surface area contributed by atoms with Crippen LogP contribution < -0.4 is 14.4 Å². The van der Waals surface area contributed by atoms with E-state index in [4.69, 9.17) is 9.47 Å². The minimum atomic E-state index is 0.0210. The van der Waals surface area contributed by atoms with E-state index in [1.807, 2.05) is 35.2 Å². The monoisotopic (exact) mass is 383 g/mol. The first-order chi connectivity index (χ1) is 13.6. The number of carbonyl (C=O) groups is 1. The number of benzene rings is 1. The van der Waals surface area contributed by atoms with Gasteiger partial charge in [0.2, 0.25) is 0 Å². The zero-order chi connectivity index (χ0) is 19.9. The third-order valence-electron chi connectivity index (χ3n) is 4.90. The van der Waals surface area contributed by atoms with Crippen LogP contribution in [0, 0.1) is 5.92 Å². The van der Waals surface area contributed by atoms with Crippen LogP contribution in [-0.4, -0.2) is 55.7 Å². The fourth-order valence-electron chi connectivity index (χ4n) is 3.19. The highest BCUT2D eigenvalue weighted by Crippen LogP contribution is 2.29. The lowest BCUT2D eigenvalue weighted by Gasteiger charge is -2.35. The molecule has 1 aliphatic heterocycles. The summed E-state index contributed by atoms with van der Waals surface area (Å²) in [6, 6.07) is 11.3. The Morgan fingerprint density at radius 3 is 2.54 bits per heavy atom. The van der Waals surface area contributed by atoms with Gasteiger partial charge in [0.15, 0.2) is 11.5 Å². The Morgan fingerprint density at radius 1 is 1.11 bits per heavy atom. The Labute approximate surface area is 167 Å². The van der Waals surface area contributed by atoms with Crippen LogP contribution in [0.2, 0.25) is 0 Å². The van der Waals surface area contributed by atoms with Crippen molar-refractivity contribution in [2.75, 3.05) is 44.8 Å². The molecule has 0 spiro atoms. The van der Waals surface area contributed by atoms with Crippen LogP contribution in [0.25, 0.3) is 0 Å². The van der Waals surface area contributed by atoms with Crippen molar-refractivity contribution in [3.63, 3.8) is 0 Å². The Kier molecular flexibility index (Phi) is 6.74. The van der Waals surface area contributed by atoms with Gasteiger partial charge in [0.25, 0.3) is 5.91 Å². The molecule has 0 aliphatic carbocycles. The summed E-state index contributed by atoms with van der Waals surface area (Å²) in [6.45, 7) is 7.85. The molecule has 2 aromatic rings. The van der Waals surface area contributed by atoms with Gasteiger partial charge in [-0.2, -0.15) is 0 Å². The first-order valence-corrected chi connectivity index (χ1v) is 9.84. The Morgan fingerprint density at radius 2 is 1.89 bits per heavy atom. The molecule has 1 fully saturated rings. The van der Waals surface area contributed by atoms with Gasteiger partial charge in [-0.3, -0.25) is 4.79 Å². The molecule has 1 aromatic carbocycles. The molecule has 0 radical (unpaired) electrons. The van der Waals surface area contributed by atoms with Crippen molar-refractivity contribution in [3.05, 3.63) is 48.2 Å². The van der Waals surface area contributed by atoms with Crippen LogP contribution in [0.5, 0.6) is 11.5 Å². The highest BCUT2D eigenvalue weighted by molar-refractivity contribution is 5.95. The quantitative estimate of drug-likeness (QED) is 0.733. The van der Waals surface area contributed by atoms with Crippen LogP contribution in [-0.2, 0) is 0 Å². The minimum Gasteiger partial charge on any atom is -0.493 e. The van der Waals surface area contributed by atoms with Gasteiger partial charge < -0.3 is 19.3 Å². The molecular formula is C22H29N3O3. The van der Waals surface area contributed by atoms with Crippen molar-refractivity contribution in [1.82, 2.24) is 9.88 Å². The molecule has 0 atom stereocenters. The molecule has 6 nitrogen and oxygen atoms in total. The fourth-order valence-corrected chi connectivity index (χ4v) is 3.19. The molecule has 1 saturated heterocycles. The highest BCUT2D eigenvalue weighted by atomic mass is 16.5. The van der Waals surface area contributed by atoms with Crippen LogP contribution in [0.3, 0.4) is 0 Å². The SMILES string of the molecule is COc1cc(C(=O)N2CCN(c3ccccn3)CC2)ccc1OCCC(C)C. The molecule has 1 aromatic heterocycles. The maximum atomic E-state index is 12.9. The van der Waals surface area contributed by atoms with Crippen LogP contribution >= 0.6 is 0 Å². The Hall–Kier alpha value is -2.76. The van der Waals surface area contributed by atoms with Gasteiger partial charge in [-0.15, -0.1) is 0 Å². The van der Waals surface area contributed by atoms with E-state index >= 15 is 0 Å². The normalized spacial score (nSPS) is 14.3. The molecule has 3 rings (SSSR count). The summed E-state index contributed by atoms with van der Waals surface area (Å²) < 4.78 is 11.3. The van der Waals surface area contributed by atoms with Crippen molar-refractivity contribution in [2.24, 2.45) is 5.92 Å². The number of pyridine rings is 1. The Balaban J connectivity index is 1.61. The predicted octanol–water partition coefficient (Wildman–Crippen LogP) is 3.48. The standard InChI is InChI=1S/C22H29N3O3/c1-17(2)9-15-28-19-8-7-18(16-20(19)27-3)22(26)25-13-11-24(12-14-25)21-6-4-5-10-23-21/h4-8,10,16-17H,9,11-15H2,1-3H3. The number of anilines is 1. The maximum Gasteiger partial charge on any atom is 0.254 e. The van der Waals surface area contributed by atoms with E-state index in [-0.39, 0.29) is 5.91 Å². The summed E-state index contributed by atoms with van der Waals surface area (Å²) in [5, 5.41) is 0. The molecule has 28 heavy (non-hydrogen) atoms. The lowest BCUT2D eigenvalue weighted by Crippen LogP contribution is -2.49. The molecule has 0 N–H and O–H groups in total. The second-order valence-electron chi connectivity index (χ2n) is 7.36. The van der Waals surface area contributed by atoms with E-state index in [0.29, 0.717) is 42.7 Å². The third kappa shape index (κ3) is 4.94. The summed E-state index contributed by atoms with van der Waals surface area (Å²) in [7, 11) is 1.60. The van der Waals surface area contributed by atoms with Crippen molar-refractivity contribution < 1.29 is 14.3 Å². The van der Waals surface area contributed by atoms with Gasteiger partial charge in [-0.05, 0) is 42.7 Å². The molecule has 150 valence electrons. The van der Waals surface area contributed by atoms with Crippen molar-refractivity contribution in [3.8, 4) is 11.5 Å². The number of amides is 1. The minimum absolute atomic E-state index is 0.0210. The number of nitrogens with zero attached hydrogens (tertiary/aromatic N) is 3. The van der Waals surface area contributed by atoms with Gasteiger partial charge >= 0.3 is 0 Å². The van der Waals surface area contributed by atoms with E-state index in [1.54, 1.807) is 19.4 Å². The van der Waals surface area contributed by atoms with Crippen LogP contribution in [0.15, 0.2) is 42.6 Å². The molecule has 6 heteroatoms. The molecular weight excluding hydrogens is 354 g/mol. The topological polar surface area (TPSA) is 54.9 Å². The first-order valence-electron chi connectivity index (χ1n) is 9.84. The van der Waals surface area contributed by atoms with Crippen molar-refractivity contribution in [1.29, 1.82) is 0 Å². The third-order valence-corrected chi connectivity index (χ3v) is 4.90. The lowest BCUT2D eigenvalue weighted by atomic mass is 10.1. The largest absolute Gasteiger partial charge is 0.493 e. The molecule has 0 unspecified atom stereocenters. The summed E-state index contributed by atoms with van der Waals surface area (Å²) in [5.74, 6) is 2.84. The molecule has 0 bridgehead atoms. The second-order valence-corrected chi connectivity index (χ2v) is 7.36. The Bertz CT molecular complexity index is 772. The zero-order valence-electron chi connectivity index (χ0n) is 16.9. The molecule has 1 aliphatic rings. The number of aromatic nitrogens is 1. The van der Waals surface area contributed by atoms with Crippen molar-refractivity contribution in [2.45, 2.75) is 20.3 Å². The number of hydrogen-bond donors (Lipinski definition) is 0. The van der Waals surface area contributed by atoms with E-state index in [2.05, 4.69) is 23.7 Å². The van der Waals surface area contributed by atoms with Crippen molar-refractivity contribution >= 4 is 11.7 Å². The summed E-state index contributed by atoms with van der Waals surface area (Å²) in [5.41, 5.74) is 0.624. The van der Waals surface area contributed by atoms with Crippen LogP contribution in [0.1, 0.15) is 30.6 Å².